The highest BCUT2D eigenvalue weighted by atomic mass is 32.2. The van der Waals surface area contributed by atoms with Crippen molar-refractivity contribution in [3.63, 3.8) is 0 Å². The average Bonchev–Trinajstić information content (AvgIpc) is 2.39. The van der Waals surface area contributed by atoms with Gasteiger partial charge in [0.2, 0.25) is 0 Å². The van der Waals surface area contributed by atoms with E-state index in [1.54, 1.807) is 0 Å². The highest BCUT2D eigenvalue weighted by Gasteiger charge is 2.41. The second kappa shape index (κ2) is 5.71. The molecular weight excluding hydrogens is 220 g/mol. The Labute approximate surface area is 103 Å². The van der Waals surface area contributed by atoms with Crippen molar-refractivity contribution in [2.45, 2.75) is 37.8 Å². The fraction of sp³-hybridized carbons (Fsp3) is 1.00. The van der Waals surface area contributed by atoms with Crippen molar-refractivity contribution < 1.29 is 4.74 Å². The molecule has 0 amide bonds. The molecule has 0 radical (unpaired) electrons. The predicted molar refractivity (Wildman–Crippen MR) is 69.9 cm³/mol. The van der Waals surface area contributed by atoms with Crippen molar-refractivity contribution in [1.82, 2.24) is 4.90 Å². The summed E-state index contributed by atoms with van der Waals surface area (Å²) >= 11 is 2.07. The first-order valence-electron chi connectivity index (χ1n) is 6.45. The molecule has 0 aliphatic carbocycles. The van der Waals surface area contributed by atoms with Crippen LogP contribution < -0.4 is 5.73 Å². The molecule has 2 heterocycles. The number of nitrogens with two attached hydrogens (primary N) is 1. The number of morpholine rings is 1. The van der Waals surface area contributed by atoms with E-state index in [0.29, 0.717) is 6.04 Å². The minimum Gasteiger partial charge on any atom is -0.378 e. The minimum atomic E-state index is 0.257. The molecule has 94 valence electrons. The fourth-order valence-corrected chi connectivity index (χ4v) is 4.26. The smallest absolute Gasteiger partial charge is 0.0622 e. The van der Waals surface area contributed by atoms with Crippen LogP contribution in [0.2, 0.25) is 0 Å². The second-order valence-corrected chi connectivity index (χ2v) is 6.02. The summed E-state index contributed by atoms with van der Waals surface area (Å²) in [5.41, 5.74) is 6.35. The average molecular weight is 244 g/mol. The lowest BCUT2D eigenvalue weighted by Crippen LogP contribution is -2.63. The lowest BCUT2D eigenvalue weighted by atomic mass is 9.90. The van der Waals surface area contributed by atoms with E-state index < -0.39 is 0 Å². The number of thioether (sulfide) groups is 1. The molecule has 2 aliphatic rings. The molecule has 0 aromatic rings. The summed E-state index contributed by atoms with van der Waals surface area (Å²) in [7, 11) is 0. The number of hydrogen-bond donors (Lipinski definition) is 1. The summed E-state index contributed by atoms with van der Waals surface area (Å²) in [6, 6.07) is 0.580. The Bertz CT molecular complexity index is 219. The number of rotatable bonds is 3. The molecule has 2 unspecified atom stereocenters. The largest absolute Gasteiger partial charge is 0.378 e. The Morgan fingerprint density at radius 3 is 3.06 bits per heavy atom. The molecule has 0 aromatic heterocycles. The molecule has 2 saturated heterocycles. The van der Waals surface area contributed by atoms with Crippen LogP contribution >= 0.6 is 11.8 Å². The number of ether oxygens (including phenoxy) is 1. The van der Waals surface area contributed by atoms with Crippen LogP contribution in [0, 0.1) is 0 Å². The van der Waals surface area contributed by atoms with Gasteiger partial charge in [0.15, 0.2) is 0 Å². The van der Waals surface area contributed by atoms with E-state index in [2.05, 4.69) is 23.6 Å². The lowest BCUT2D eigenvalue weighted by molar-refractivity contribution is -0.0600. The lowest BCUT2D eigenvalue weighted by Gasteiger charge is -2.50. The van der Waals surface area contributed by atoms with Gasteiger partial charge >= 0.3 is 0 Å². The molecule has 2 fully saturated rings. The molecule has 0 bridgehead atoms. The molecule has 2 rings (SSSR count). The van der Waals surface area contributed by atoms with Crippen LogP contribution in [0.3, 0.4) is 0 Å². The van der Waals surface area contributed by atoms with Gasteiger partial charge in [-0.3, -0.25) is 4.90 Å². The Hall–Kier alpha value is 0.230. The van der Waals surface area contributed by atoms with E-state index in [4.69, 9.17) is 10.5 Å². The maximum Gasteiger partial charge on any atom is 0.0622 e. The van der Waals surface area contributed by atoms with Gasteiger partial charge in [0, 0.05) is 30.4 Å². The summed E-state index contributed by atoms with van der Waals surface area (Å²) < 4.78 is 5.59. The molecule has 0 spiro atoms. The predicted octanol–water partition coefficient (Wildman–Crippen LogP) is 1.32. The van der Waals surface area contributed by atoms with Crippen LogP contribution in [-0.4, -0.2) is 54.3 Å². The van der Waals surface area contributed by atoms with Gasteiger partial charge < -0.3 is 10.5 Å². The third kappa shape index (κ3) is 2.40. The van der Waals surface area contributed by atoms with Gasteiger partial charge in [-0.05, 0) is 25.0 Å². The number of nitrogens with zero attached hydrogens (tertiary/aromatic N) is 1. The van der Waals surface area contributed by atoms with Gasteiger partial charge in [-0.1, -0.05) is 6.92 Å². The van der Waals surface area contributed by atoms with E-state index in [1.165, 1.54) is 30.8 Å². The Morgan fingerprint density at radius 1 is 1.56 bits per heavy atom. The molecule has 0 saturated carbocycles. The zero-order chi connectivity index (χ0) is 11.4. The van der Waals surface area contributed by atoms with Crippen molar-refractivity contribution >= 4 is 11.8 Å². The third-order valence-corrected chi connectivity index (χ3v) is 5.31. The topological polar surface area (TPSA) is 38.5 Å². The van der Waals surface area contributed by atoms with Gasteiger partial charge in [0.25, 0.3) is 0 Å². The number of hydrogen-bond acceptors (Lipinski definition) is 4. The van der Waals surface area contributed by atoms with Crippen molar-refractivity contribution in [2.24, 2.45) is 5.73 Å². The van der Waals surface area contributed by atoms with Gasteiger partial charge in [-0.15, -0.1) is 0 Å². The van der Waals surface area contributed by atoms with Crippen LogP contribution in [0.5, 0.6) is 0 Å². The zero-order valence-electron chi connectivity index (χ0n) is 10.3. The highest BCUT2D eigenvalue weighted by molar-refractivity contribution is 7.99. The zero-order valence-corrected chi connectivity index (χ0v) is 11.1. The van der Waals surface area contributed by atoms with Gasteiger partial charge in [0.1, 0.15) is 0 Å². The normalized spacial score (nSPS) is 37.5. The molecule has 2 atom stereocenters. The summed E-state index contributed by atoms with van der Waals surface area (Å²) in [6.45, 7) is 5.89. The van der Waals surface area contributed by atoms with Crippen LogP contribution in [0.25, 0.3) is 0 Å². The van der Waals surface area contributed by atoms with E-state index in [1.807, 2.05) is 0 Å². The van der Waals surface area contributed by atoms with Gasteiger partial charge in [-0.2, -0.15) is 11.8 Å². The standard InChI is InChI=1S/C12H24N2OS/c1-2-11-8-15-6-5-14(11)12(9-13)4-3-7-16-10-12/h11H,2-10,13H2,1H3. The minimum absolute atomic E-state index is 0.257. The molecule has 2 aliphatic heterocycles. The molecular formula is C12H24N2OS. The second-order valence-electron chi connectivity index (χ2n) is 4.91. The van der Waals surface area contributed by atoms with Gasteiger partial charge in [-0.25, -0.2) is 0 Å². The third-order valence-electron chi connectivity index (χ3n) is 3.99. The quantitative estimate of drug-likeness (QED) is 0.813. The first kappa shape index (κ1) is 12.7. The first-order chi connectivity index (χ1) is 7.82. The monoisotopic (exact) mass is 244 g/mol. The van der Waals surface area contributed by atoms with Gasteiger partial charge in [0.05, 0.1) is 13.2 Å². The van der Waals surface area contributed by atoms with E-state index in [9.17, 15) is 0 Å². The van der Waals surface area contributed by atoms with Crippen LogP contribution in [-0.2, 0) is 4.74 Å². The molecule has 2 N–H and O–H groups in total. The fourth-order valence-electron chi connectivity index (χ4n) is 2.96. The molecule has 3 nitrogen and oxygen atoms in total. The van der Waals surface area contributed by atoms with Crippen LogP contribution in [0.4, 0.5) is 0 Å². The van der Waals surface area contributed by atoms with Crippen LogP contribution in [0.15, 0.2) is 0 Å². The molecule has 16 heavy (non-hydrogen) atoms. The summed E-state index contributed by atoms with van der Waals surface area (Å²) in [5, 5.41) is 0. The summed E-state index contributed by atoms with van der Waals surface area (Å²) in [5.74, 6) is 2.52. The van der Waals surface area contributed by atoms with E-state index in [0.717, 1.165) is 26.3 Å². The van der Waals surface area contributed by atoms with E-state index >= 15 is 0 Å². The highest BCUT2D eigenvalue weighted by Crippen LogP contribution is 2.34. The van der Waals surface area contributed by atoms with Crippen molar-refractivity contribution in [3.05, 3.63) is 0 Å². The first-order valence-corrected chi connectivity index (χ1v) is 7.60. The van der Waals surface area contributed by atoms with E-state index in [-0.39, 0.29) is 5.54 Å². The van der Waals surface area contributed by atoms with Crippen molar-refractivity contribution in [2.75, 3.05) is 37.8 Å². The Morgan fingerprint density at radius 2 is 2.44 bits per heavy atom. The van der Waals surface area contributed by atoms with Crippen molar-refractivity contribution in [3.8, 4) is 0 Å². The maximum atomic E-state index is 6.09. The maximum absolute atomic E-state index is 6.09. The van der Waals surface area contributed by atoms with Crippen LogP contribution in [0.1, 0.15) is 26.2 Å². The summed E-state index contributed by atoms with van der Waals surface area (Å²) in [4.78, 5) is 2.66. The van der Waals surface area contributed by atoms with Crippen molar-refractivity contribution in [1.29, 1.82) is 0 Å². The molecule has 0 aromatic carbocycles. The molecule has 4 heteroatoms. The SMILES string of the molecule is CCC1COCCN1C1(CN)CCCSC1. The Balaban J connectivity index is 2.10. The Kier molecular flexibility index (Phi) is 4.53. The summed E-state index contributed by atoms with van der Waals surface area (Å²) in [6.07, 6.45) is 3.76.